The molecule has 2 amide bonds. The monoisotopic (exact) mass is 549 g/mol. The van der Waals surface area contributed by atoms with Gasteiger partial charge in [0.25, 0.3) is 11.8 Å². The van der Waals surface area contributed by atoms with E-state index >= 15 is 0 Å². The van der Waals surface area contributed by atoms with E-state index < -0.39 is 74.3 Å². The van der Waals surface area contributed by atoms with Crippen LogP contribution < -0.4 is 0 Å². The van der Waals surface area contributed by atoms with Crippen LogP contribution in [0.1, 0.15) is 11.1 Å². The van der Waals surface area contributed by atoms with Gasteiger partial charge in [-0.15, -0.1) is 9.35 Å². The molecular formula is C23H21N2O10S2+. The Kier molecular flexibility index (Phi) is 5.90. The normalized spacial score (nSPS) is 27.6. The van der Waals surface area contributed by atoms with Crippen molar-refractivity contribution in [1.29, 1.82) is 0 Å². The summed E-state index contributed by atoms with van der Waals surface area (Å²) in [5.41, 5.74) is 1.56. The zero-order valence-electron chi connectivity index (χ0n) is 19.5. The van der Waals surface area contributed by atoms with Crippen molar-refractivity contribution in [2.24, 2.45) is 23.7 Å². The second-order valence-electron chi connectivity index (χ2n) is 9.26. The molecule has 1 aliphatic carbocycles. The van der Waals surface area contributed by atoms with Gasteiger partial charge in [0.2, 0.25) is 0 Å². The number of ketones is 1. The molecule has 2 aromatic carbocycles. The molecule has 0 aromatic heterocycles. The highest BCUT2D eigenvalue weighted by atomic mass is 32.2. The summed E-state index contributed by atoms with van der Waals surface area (Å²) in [4.78, 5) is 51.4. The van der Waals surface area contributed by atoms with E-state index in [4.69, 9.17) is 8.47 Å². The van der Waals surface area contributed by atoms with Crippen molar-refractivity contribution in [2.45, 2.75) is 29.9 Å². The summed E-state index contributed by atoms with van der Waals surface area (Å²) < 4.78 is 61.0. The summed E-state index contributed by atoms with van der Waals surface area (Å²) in [6, 6.07) is 11.1. The third-order valence-corrected chi connectivity index (χ3v) is 9.36. The Balaban J connectivity index is 1.39. The van der Waals surface area contributed by atoms with Crippen molar-refractivity contribution in [1.82, 2.24) is 5.06 Å². The summed E-state index contributed by atoms with van der Waals surface area (Å²) in [7, 11) is -9.03. The first-order valence-electron chi connectivity index (χ1n) is 11.2. The fraction of sp³-hybridized carbons (Fsp3) is 0.348. The zero-order valence-corrected chi connectivity index (χ0v) is 21.1. The Morgan fingerprint density at radius 3 is 1.84 bits per heavy atom. The third-order valence-electron chi connectivity index (χ3n) is 6.87. The number of hydrogen-bond acceptors (Lipinski definition) is 10. The van der Waals surface area contributed by atoms with Gasteiger partial charge in [0, 0.05) is 9.67 Å². The first-order chi connectivity index (χ1) is 17.3. The molecule has 0 spiro atoms. The van der Waals surface area contributed by atoms with Crippen molar-refractivity contribution in [3.63, 3.8) is 0 Å². The van der Waals surface area contributed by atoms with E-state index in [2.05, 4.69) is 0 Å². The first-order valence-corrected chi connectivity index (χ1v) is 14.0. The quantitative estimate of drug-likeness (QED) is 0.219. The van der Waals surface area contributed by atoms with E-state index in [9.17, 15) is 36.1 Å². The average molecular weight is 550 g/mol. The summed E-state index contributed by atoms with van der Waals surface area (Å²) in [5, 5.41) is 0.0466. The number of imide groups is 1. The van der Waals surface area contributed by atoms with Crippen LogP contribution in [-0.2, 0) is 43.1 Å². The van der Waals surface area contributed by atoms with Gasteiger partial charge >= 0.3 is 26.5 Å². The number of Topliss-reactive ketones (excluding diaryl/α,β-unsaturated/α-hetero) is 1. The molecule has 5 atom stereocenters. The van der Waals surface area contributed by atoms with E-state index in [1.165, 1.54) is 48.5 Å². The Hall–Kier alpha value is -3.33. The molecule has 0 N–H and O–H groups in total. The lowest BCUT2D eigenvalue weighted by Gasteiger charge is -2.17. The lowest BCUT2D eigenvalue weighted by atomic mass is 9.90. The summed E-state index contributed by atoms with van der Waals surface area (Å²) in [5.74, 6) is -8.61. The number of carbonyl (C=O) groups is 3. The molecule has 5 unspecified atom stereocenters. The number of amides is 2. The minimum Gasteiger partial charge on any atom is -0.298 e. The zero-order chi connectivity index (χ0) is 26.9. The minimum absolute atomic E-state index is 0.0466. The van der Waals surface area contributed by atoms with E-state index in [0.29, 0.717) is 0 Å². The molecule has 3 aliphatic rings. The van der Waals surface area contributed by atoms with Crippen LogP contribution in [0.15, 0.2) is 58.3 Å². The van der Waals surface area contributed by atoms with Crippen LogP contribution in [0.25, 0.3) is 0 Å². The number of hydrogen-bond donors (Lipinski definition) is 0. The van der Waals surface area contributed by atoms with E-state index in [-0.39, 0.29) is 19.6 Å². The molecule has 2 aliphatic heterocycles. The number of nitrogens with zero attached hydrogens (tertiary/aromatic N) is 2. The topological polar surface area (TPSA) is 161 Å². The molecular weight excluding hydrogens is 528 g/mol. The first kappa shape index (κ1) is 25.3. The maximum absolute atomic E-state index is 13.2. The SMILES string of the molecule is Cc1ccc(S(=O)(=O)OC2C3C(=O)C4C(=O)N(OS(=O)(=O)c5ccc(C)cc5)C(=O)C4C3C[N+]2=O)cc1. The van der Waals surface area contributed by atoms with Crippen molar-refractivity contribution in [3.8, 4) is 0 Å². The van der Waals surface area contributed by atoms with E-state index in [0.717, 1.165) is 11.1 Å². The van der Waals surface area contributed by atoms with Crippen LogP contribution in [0.5, 0.6) is 0 Å². The predicted molar refractivity (Wildman–Crippen MR) is 122 cm³/mol. The van der Waals surface area contributed by atoms with Crippen LogP contribution in [0.3, 0.4) is 0 Å². The molecule has 14 heteroatoms. The molecule has 3 fully saturated rings. The number of aryl methyl sites for hydroxylation is 2. The highest BCUT2D eigenvalue weighted by Crippen LogP contribution is 2.50. The van der Waals surface area contributed by atoms with Crippen LogP contribution in [-0.4, -0.2) is 57.0 Å². The van der Waals surface area contributed by atoms with E-state index in [1.54, 1.807) is 13.8 Å². The molecule has 5 rings (SSSR count). The Bertz CT molecular complexity index is 1550. The highest BCUT2D eigenvalue weighted by Gasteiger charge is 2.73. The van der Waals surface area contributed by atoms with Gasteiger partial charge in [-0.3, -0.25) is 14.4 Å². The number of benzene rings is 2. The molecule has 0 radical (unpaired) electrons. The fourth-order valence-corrected chi connectivity index (χ4v) is 6.98. The molecule has 2 saturated heterocycles. The largest absolute Gasteiger partial charge is 0.329 e. The Labute approximate surface area is 211 Å². The van der Waals surface area contributed by atoms with Gasteiger partial charge in [-0.2, -0.15) is 21.0 Å². The summed E-state index contributed by atoms with van der Waals surface area (Å²) in [6.07, 6.45) is -1.78. The fourth-order valence-electron chi connectivity index (χ4n) is 5.02. The standard InChI is InChI=1S/C23H21N2O10S2/c1-12-3-7-14(8-4-12)36(30,31)34-23-18-16(11-24(23)29)17-19(20(18)26)22(28)25(21(17)27)35-37(32,33)15-9-5-13(2)6-10-15/h3-10,16-19,23H,11H2,1-2H3/q+1. The molecule has 194 valence electrons. The second kappa shape index (κ2) is 8.62. The summed E-state index contributed by atoms with van der Waals surface area (Å²) >= 11 is 0. The minimum atomic E-state index is -4.58. The van der Waals surface area contributed by atoms with E-state index in [1.807, 2.05) is 0 Å². The Morgan fingerprint density at radius 1 is 0.784 bits per heavy atom. The van der Waals surface area contributed by atoms with Crippen molar-refractivity contribution >= 4 is 37.8 Å². The van der Waals surface area contributed by atoms with Crippen molar-refractivity contribution in [2.75, 3.05) is 6.54 Å². The number of nitroso groups, excluding NO2 is 1. The second-order valence-corrected chi connectivity index (χ2v) is 12.4. The van der Waals surface area contributed by atoms with Gasteiger partial charge in [0.15, 0.2) is 12.3 Å². The molecule has 1 saturated carbocycles. The van der Waals surface area contributed by atoms with Crippen molar-refractivity contribution in [3.05, 3.63) is 64.6 Å². The van der Waals surface area contributed by atoms with Gasteiger partial charge in [-0.05, 0) is 38.1 Å². The average Bonchev–Trinajstić information content (AvgIpc) is 3.38. The molecule has 12 nitrogen and oxygen atoms in total. The van der Waals surface area contributed by atoms with Crippen LogP contribution >= 0.6 is 0 Å². The third kappa shape index (κ3) is 4.09. The van der Waals surface area contributed by atoms with Crippen molar-refractivity contribution < 1.29 is 44.4 Å². The number of rotatable bonds is 6. The molecule has 2 heterocycles. The van der Waals surface area contributed by atoms with Gasteiger partial charge in [-0.25, -0.2) is 0 Å². The van der Waals surface area contributed by atoms with Gasteiger partial charge < -0.3 is 0 Å². The molecule has 2 aromatic rings. The predicted octanol–water partition coefficient (Wildman–Crippen LogP) is 0.864. The highest BCUT2D eigenvalue weighted by molar-refractivity contribution is 7.87. The molecule has 37 heavy (non-hydrogen) atoms. The van der Waals surface area contributed by atoms with Crippen LogP contribution in [0, 0.1) is 42.4 Å². The lowest BCUT2D eigenvalue weighted by Crippen LogP contribution is -2.39. The maximum Gasteiger partial charge on any atom is 0.329 e. The number of hydroxylamine groups is 2. The number of fused-ring (bicyclic) bond motifs is 3. The number of carbonyl (C=O) groups excluding carboxylic acids is 3. The maximum atomic E-state index is 13.2. The van der Waals surface area contributed by atoms with Gasteiger partial charge in [0.05, 0.1) is 21.6 Å². The summed E-state index contributed by atoms with van der Waals surface area (Å²) in [6.45, 7) is 3.02. The molecule has 0 bridgehead atoms. The van der Waals surface area contributed by atoms with Crippen LogP contribution in [0.4, 0.5) is 0 Å². The van der Waals surface area contributed by atoms with Gasteiger partial charge in [-0.1, -0.05) is 35.4 Å². The lowest BCUT2D eigenvalue weighted by molar-refractivity contribution is -0.603. The smallest absolute Gasteiger partial charge is 0.298 e. The van der Waals surface area contributed by atoms with Crippen LogP contribution in [0.2, 0.25) is 0 Å². The Morgan fingerprint density at radius 2 is 1.30 bits per heavy atom. The van der Waals surface area contributed by atoms with Gasteiger partial charge in [0.1, 0.15) is 11.8 Å².